The topological polar surface area (TPSA) is 47.0 Å². The van der Waals surface area contributed by atoms with Crippen LogP contribution in [0.1, 0.15) is 25.7 Å². The van der Waals surface area contributed by atoms with Crippen molar-refractivity contribution in [3.8, 4) is 0 Å². The minimum Gasteiger partial charge on any atom is -0.376 e. The predicted molar refractivity (Wildman–Crippen MR) is 63.7 cm³/mol. The third-order valence-electron chi connectivity index (χ3n) is 2.69. The van der Waals surface area contributed by atoms with Crippen molar-refractivity contribution in [3.05, 3.63) is 17.5 Å². The molecule has 1 heterocycles. The molecule has 1 N–H and O–H groups in total. The lowest BCUT2D eigenvalue weighted by Crippen LogP contribution is -2.15. The second kappa shape index (κ2) is 6.01. The second-order valence-corrected chi connectivity index (χ2v) is 4.25. The Morgan fingerprint density at radius 2 is 2.25 bits per heavy atom. The van der Waals surface area contributed by atoms with Crippen molar-refractivity contribution >= 4 is 17.4 Å². The average Bonchev–Trinajstić information content (AvgIpc) is 2.77. The molecule has 16 heavy (non-hydrogen) atoms. The smallest absolute Gasteiger partial charge is 0.224 e. The van der Waals surface area contributed by atoms with Crippen LogP contribution in [0.3, 0.4) is 0 Å². The van der Waals surface area contributed by atoms with E-state index >= 15 is 0 Å². The third-order valence-corrected chi connectivity index (χ3v) is 2.87. The van der Waals surface area contributed by atoms with E-state index < -0.39 is 0 Å². The fourth-order valence-electron chi connectivity index (χ4n) is 1.89. The molecule has 0 atom stereocenters. The summed E-state index contributed by atoms with van der Waals surface area (Å²) in [5.41, 5.74) is 0. The van der Waals surface area contributed by atoms with Crippen molar-refractivity contribution in [1.82, 2.24) is 9.97 Å². The van der Waals surface area contributed by atoms with Crippen molar-refractivity contribution < 1.29 is 4.74 Å². The van der Waals surface area contributed by atoms with Gasteiger partial charge in [-0.05, 0) is 30.5 Å². The van der Waals surface area contributed by atoms with Crippen LogP contribution in [0.5, 0.6) is 0 Å². The summed E-state index contributed by atoms with van der Waals surface area (Å²) in [5.74, 6) is 0.745. The van der Waals surface area contributed by atoms with E-state index in [1.165, 1.54) is 25.7 Å². The Hall–Kier alpha value is -0.870. The predicted octanol–water partition coefficient (Wildman–Crippen LogP) is 2.50. The summed E-state index contributed by atoms with van der Waals surface area (Å²) in [5, 5.41) is 3.41. The summed E-state index contributed by atoms with van der Waals surface area (Å²) in [6.45, 7) is 1.47. The molecular formula is C11H16ClN3O. The molecule has 0 amide bonds. The number of hydrogen-bond acceptors (Lipinski definition) is 4. The first-order valence-corrected chi connectivity index (χ1v) is 6.06. The monoisotopic (exact) mass is 241 g/mol. The number of aromatic nitrogens is 2. The van der Waals surface area contributed by atoms with Gasteiger partial charge in [-0.3, -0.25) is 0 Å². The van der Waals surface area contributed by atoms with E-state index in [0.717, 1.165) is 12.4 Å². The van der Waals surface area contributed by atoms with Crippen LogP contribution in [0.25, 0.3) is 0 Å². The quantitative estimate of drug-likeness (QED) is 0.636. The van der Waals surface area contributed by atoms with E-state index in [2.05, 4.69) is 15.3 Å². The van der Waals surface area contributed by atoms with Crippen LogP contribution in [-0.4, -0.2) is 29.2 Å². The standard InChI is InChI=1S/C11H16ClN3O/c12-11-14-6-5-10(15-11)13-7-8-16-9-3-1-2-4-9/h5-6,9H,1-4,7-8H2,(H,13,14,15). The molecule has 1 aliphatic carbocycles. The van der Waals surface area contributed by atoms with Gasteiger partial charge in [0.1, 0.15) is 5.82 Å². The minimum absolute atomic E-state index is 0.265. The summed E-state index contributed by atoms with van der Waals surface area (Å²) in [7, 11) is 0. The Morgan fingerprint density at radius 3 is 3.00 bits per heavy atom. The first kappa shape index (κ1) is 11.6. The van der Waals surface area contributed by atoms with E-state index in [-0.39, 0.29) is 5.28 Å². The molecule has 5 heteroatoms. The van der Waals surface area contributed by atoms with Gasteiger partial charge in [0.05, 0.1) is 12.7 Å². The molecule has 0 saturated heterocycles. The Morgan fingerprint density at radius 1 is 1.44 bits per heavy atom. The van der Waals surface area contributed by atoms with Gasteiger partial charge in [-0.2, -0.15) is 0 Å². The maximum atomic E-state index is 5.72. The molecule has 1 aliphatic rings. The fourth-order valence-corrected chi connectivity index (χ4v) is 2.04. The van der Waals surface area contributed by atoms with E-state index in [1.54, 1.807) is 12.3 Å². The molecule has 0 radical (unpaired) electrons. The molecule has 0 bridgehead atoms. The van der Waals surface area contributed by atoms with Crippen molar-refractivity contribution in [1.29, 1.82) is 0 Å². The Labute approximate surface area is 100 Å². The normalized spacial score (nSPS) is 16.6. The lowest BCUT2D eigenvalue weighted by molar-refractivity contribution is 0.0658. The number of rotatable bonds is 5. The molecular weight excluding hydrogens is 226 g/mol. The molecule has 1 fully saturated rings. The number of nitrogens with zero attached hydrogens (tertiary/aromatic N) is 2. The summed E-state index contributed by atoms with van der Waals surface area (Å²) >= 11 is 5.67. The van der Waals surface area contributed by atoms with Crippen LogP contribution < -0.4 is 5.32 Å². The van der Waals surface area contributed by atoms with E-state index in [4.69, 9.17) is 16.3 Å². The van der Waals surface area contributed by atoms with Gasteiger partial charge < -0.3 is 10.1 Å². The minimum atomic E-state index is 0.265. The molecule has 4 nitrogen and oxygen atoms in total. The van der Waals surface area contributed by atoms with Crippen LogP contribution in [0, 0.1) is 0 Å². The van der Waals surface area contributed by atoms with Gasteiger partial charge in [0.25, 0.3) is 0 Å². The Bertz CT molecular complexity index is 329. The summed E-state index contributed by atoms with van der Waals surface area (Å²) < 4.78 is 5.72. The van der Waals surface area contributed by atoms with Gasteiger partial charge in [0.15, 0.2) is 0 Å². The van der Waals surface area contributed by atoms with Gasteiger partial charge in [0, 0.05) is 12.7 Å². The van der Waals surface area contributed by atoms with Crippen LogP contribution in [-0.2, 0) is 4.74 Å². The lowest BCUT2D eigenvalue weighted by Gasteiger charge is -2.11. The van der Waals surface area contributed by atoms with Crippen LogP contribution in [0.15, 0.2) is 12.3 Å². The largest absolute Gasteiger partial charge is 0.376 e. The van der Waals surface area contributed by atoms with Gasteiger partial charge in [-0.15, -0.1) is 0 Å². The molecule has 0 aromatic carbocycles. The zero-order chi connectivity index (χ0) is 11.2. The number of halogens is 1. The van der Waals surface area contributed by atoms with Gasteiger partial charge >= 0.3 is 0 Å². The highest BCUT2D eigenvalue weighted by molar-refractivity contribution is 6.28. The first-order valence-electron chi connectivity index (χ1n) is 5.68. The summed E-state index contributed by atoms with van der Waals surface area (Å²) in [6.07, 6.45) is 7.13. The molecule has 1 saturated carbocycles. The van der Waals surface area contributed by atoms with Crippen LogP contribution in [0.4, 0.5) is 5.82 Å². The number of anilines is 1. The zero-order valence-electron chi connectivity index (χ0n) is 9.16. The van der Waals surface area contributed by atoms with E-state index in [0.29, 0.717) is 12.7 Å². The average molecular weight is 242 g/mol. The number of ether oxygens (including phenoxy) is 1. The van der Waals surface area contributed by atoms with Crippen molar-refractivity contribution in [2.45, 2.75) is 31.8 Å². The van der Waals surface area contributed by atoms with Gasteiger partial charge in [0.2, 0.25) is 5.28 Å². The van der Waals surface area contributed by atoms with E-state index in [9.17, 15) is 0 Å². The van der Waals surface area contributed by atoms with Gasteiger partial charge in [-0.25, -0.2) is 9.97 Å². The molecule has 2 rings (SSSR count). The number of nitrogens with one attached hydrogen (secondary N) is 1. The van der Waals surface area contributed by atoms with Crippen molar-refractivity contribution in [2.24, 2.45) is 0 Å². The highest BCUT2D eigenvalue weighted by Gasteiger charge is 2.14. The SMILES string of the molecule is Clc1nccc(NCCOC2CCCC2)n1. The molecule has 0 aliphatic heterocycles. The van der Waals surface area contributed by atoms with E-state index in [1.807, 2.05) is 0 Å². The summed E-state index contributed by atoms with van der Waals surface area (Å²) in [4.78, 5) is 7.84. The summed E-state index contributed by atoms with van der Waals surface area (Å²) in [6, 6.07) is 1.79. The first-order chi connectivity index (χ1) is 7.84. The zero-order valence-corrected chi connectivity index (χ0v) is 9.91. The maximum Gasteiger partial charge on any atom is 0.224 e. The second-order valence-electron chi connectivity index (χ2n) is 3.91. The molecule has 1 aromatic rings. The molecule has 1 aromatic heterocycles. The fraction of sp³-hybridized carbons (Fsp3) is 0.636. The van der Waals surface area contributed by atoms with Gasteiger partial charge in [-0.1, -0.05) is 12.8 Å². The Balaban J connectivity index is 1.64. The van der Waals surface area contributed by atoms with Crippen molar-refractivity contribution in [3.63, 3.8) is 0 Å². The highest BCUT2D eigenvalue weighted by atomic mass is 35.5. The third kappa shape index (κ3) is 3.61. The molecule has 0 spiro atoms. The highest BCUT2D eigenvalue weighted by Crippen LogP contribution is 2.20. The Kier molecular flexibility index (Phi) is 4.36. The van der Waals surface area contributed by atoms with Crippen molar-refractivity contribution in [2.75, 3.05) is 18.5 Å². The lowest BCUT2D eigenvalue weighted by atomic mass is 10.3. The van der Waals surface area contributed by atoms with Crippen LogP contribution in [0.2, 0.25) is 5.28 Å². The maximum absolute atomic E-state index is 5.72. The molecule has 88 valence electrons. The molecule has 0 unspecified atom stereocenters. The van der Waals surface area contributed by atoms with Crippen LogP contribution >= 0.6 is 11.6 Å². The number of hydrogen-bond donors (Lipinski definition) is 1.